The molecule has 33 heavy (non-hydrogen) atoms. The van der Waals surface area contributed by atoms with Gasteiger partial charge in [-0.2, -0.15) is 0 Å². The molecule has 5 rings (SSSR count). The Morgan fingerprint density at radius 1 is 0.818 bits per heavy atom. The number of hydrogen-bond acceptors (Lipinski definition) is 4. The molecular weight excluding hydrogens is 414 g/mol. The summed E-state index contributed by atoms with van der Waals surface area (Å²) < 4.78 is 0. The zero-order valence-electron chi connectivity index (χ0n) is 18.2. The molecule has 2 aliphatic rings. The zero-order valence-corrected chi connectivity index (χ0v) is 18.2. The van der Waals surface area contributed by atoms with E-state index in [1.165, 1.54) is 17.4 Å². The quantitative estimate of drug-likeness (QED) is 0.627. The van der Waals surface area contributed by atoms with Crippen LogP contribution >= 0.6 is 0 Å². The summed E-state index contributed by atoms with van der Waals surface area (Å²) in [5.74, 6) is -0.823. The summed E-state index contributed by atoms with van der Waals surface area (Å²) in [7, 11) is 0. The first kappa shape index (κ1) is 20.7. The van der Waals surface area contributed by atoms with E-state index in [0.717, 1.165) is 12.0 Å². The molecule has 0 saturated carbocycles. The molecule has 0 unspecified atom stereocenters. The third kappa shape index (κ3) is 3.80. The minimum absolute atomic E-state index is 0.169. The Morgan fingerprint density at radius 3 is 2.18 bits per heavy atom. The van der Waals surface area contributed by atoms with Gasteiger partial charge in [0.1, 0.15) is 5.70 Å². The van der Waals surface area contributed by atoms with Crippen LogP contribution in [-0.4, -0.2) is 29.2 Å². The molecule has 6 nitrogen and oxygen atoms in total. The van der Waals surface area contributed by atoms with E-state index in [1.807, 2.05) is 35.2 Å². The predicted octanol–water partition coefficient (Wildman–Crippen LogP) is 3.99. The fourth-order valence-electron chi connectivity index (χ4n) is 4.49. The smallest absolute Gasteiger partial charge is 0.282 e. The van der Waals surface area contributed by atoms with E-state index < -0.39 is 0 Å². The molecular formula is C27H23N3O3. The van der Waals surface area contributed by atoms with Crippen LogP contribution in [0.1, 0.15) is 23.6 Å². The monoisotopic (exact) mass is 437 g/mol. The van der Waals surface area contributed by atoms with E-state index in [9.17, 15) is 14.4 Å². The molecule has 0 bridgehead atoms. The van der Waals surface area contributed by atoms with Crippen LogP contribution in [0.4, 0.5) is 11.4 Å². The van der Waals surface area contributed by atoms with Crippen LogP contribution < -0.4 is 10.2 Å². The molecule has 6 heteroatoms. The molecule has 3 aromatic rings. The van der Waals surface area contributed by atoms with Crippen LogP contribution in [0.2, 0.25) is 0 Å². The van der Waals surface area contributed by atoms with E-state index >= 15 is 0 Å². The number of nitrogens with zero attached hydrogens (tertiary/aromatic N) is 2. The number of benzene rings is 3. The van der Waals surface area contributed by atoms with Crippen molar-refractivity contribution in [3.05, 3.63) is 101 Å². The zero-order chi connectivity index (χ0) is 22.9. The van der Waals surface area contributed by atoms with E-state index in [2.05, 4.69) is 17.4 Å². The van der Waals surface area contributed by atoms with E-state index in [4.69, 9.17) is 0 Å². The van der Waals surface area contributed by atoms with Gasteiger partial charge in [-0.25, -0.2) is 4.90 Å². The van der Waals surface area contributed by atoms with Crippen LogP contribution in [0.5, 0.6) is 0 Å². The van der Waals surface area contributed by atoms with Crippen molar-refractivity contribution in [1.29, 1.82) is 0 Å². The van der Waals surface area contributed by atoms with Crippen LogP contribution in [-0.2, 0) is 27.3 Å². The molecule has 1 N–H and O–H groups in total. The lowest BCUT2D eigenvalue weighted by molar-refractivity contribution is -0.121. The van der Waals surface area contributed by atoms with Gasteiger partial charge in [0.25, 0.3) is 11.8 Å². The predicted molar refractivity (Wildman–Crippen MR) is 127 cm³/mol. The number of anilines is 2. The molecule has 3 aromatic carbocycles. The average Bonchev–Trinajstić information content (AvgIpc) is 3.09. The summed E-state index contributed by atoms with van der Waals surface area (Å²) in [6.07, 6.45) is 0.807. The Labute approximate surface area is 192 Å². The minimum Gasteiger partial charge on any atom is -0.362 e. The van der Waals surface area contributed by atoms with Gasteiger partial charge in [-0.1, -0.05) is 54.6 Å². The van der Waals surface area contributed by atoms with Gasteiger partial charge in [0.2, 0.25) is 5.91 Å². The maximum Gasteiger partial charge on any atom is 0.282 e. The second-order valence-electron chi connectivity index (χ2n) is 8.20. The molecule has 164 valence electrons. The van der Waals surface area contributed by atoms with Crippen molar-refractivity contribution in [3.8, 4) is 0 Å². The summed E-state index contributed by atoms with van der Waals surface area (Å²) in [6.45, 7) is 2.67. The lowest BCUT2D eigenvalue weighted by Gasteiger charge is -2.31. The Morgan fingerprint density at radius 2 is 1.48 bits per heavy atom. The SMILES string of the molecule is CC(=O)Nc1ccc(C2=C(N3CCc4ccccc4C3)C(=O)N(c3ccccc3)C2=O)cc1. The van der Waals surface area contributed by atoms with Crippen molar-refractivity contribution < 1.29 is 14.4 Å². The van der Waals surface area contributed by atoms with Crippen molar-refractivity contribution in [1.82, 2.24) is 4.90 Å². The van der Waals surface area contributed by atoms with Gasteiger partial charge in [-0.05, 0) is 47.4 Å². The summed E-state index contributed by atoms with van der Waals surface area (Å²) in [6, 6.07) is 24.3. The highest BCUT2D eigenvalue weighted by atomic mass is 16.2. The van der Waals surface area contributed by atoms with Crippen molar-refractivity contribution in [2.75, 3.05) is 16.8 Å². The number of hydrogen-bond donors (Lipinski definition) is 1. The number of para-hydroxylation sites is 1. The molecule has 0 aliphatic carbocycles. The van der Waals surface area contributed by atoms with Crippen LogP contribution in [0.3, 0.4) is 0 Å². The third-order valence-electron chi connectivity index (χ3n) is 6.01. The van der Waals surface area contributed by atoms with Gasteiger partial charge in [0.05, 0.1) is 11.3 Å². The number of fused-ring (bicyclic) bond motifs is 1. The number of carbonyl (C=O) groups is 3. The molecule has 0 saturated heterocycles. The Kier molecular flexibility index (Phi) is 5.26. The summed E-state index contributed by atoms with van der Waals surface area (Å²) in [5, 5.41) is 2.74. The van der Waals surface area contributed by atoms with Crippen LogP contribution in [0, 0.1) is 0 Å². The van der Waals surface area contributed by atoms with E-state index in [-0.39, 0.29) is 17.7 Å². The topological polar surface area (TPSA) is 69.7 Å². The fourth-order valence-corrected chi connectivity index (χ4v) is 4.49. The number of imide groups is 1. The lowest BCUT2D eigenvalue weighted by atomic mass is 9.97. The molecule has 2 aliphatic heterocycles. The first-order chi connectivity index (χ1) is 16.0. The van der Waals surface area contributed by atoms with Crippen molar-refractivity contribution in [2.24, 2.45) is 0 Å². The molecule has 0 atom stereocenters. The third-order valence-corrected chi connectivity index (χ3v) is 6.01. The van der Waals surface area contributed by atoms with Gasteiger partial charge < -0.3 is 10.2 Å². The summed E-state index contributed by atoms with van der Waals surface area (Å²) in [5.41, 5.74) is 5.07. The first-order valence-corrected chi connectivity index (χ1v) is 10.9. The van der Waals surface area contributed by atoms with Gasteiger partial charge in [-0.15, -0.1) is 0 Å². The highest BCUT2D eigenvalue weighted by Gasteiger charge is 2.43. The number of nitrogens with one attached hydrogen (secondary N) is 1. The van der Waals surface area contributed by atoms with Crippen molar-refractivity contribution >= 4 is 34.7 Å². The maximum absolute atomic E-state index is 13.7. The number of carbonyl (C=O) groups excluding carboxylic acids is 3. The largest absolute Gasteiger partial charge is 0.362 e. The molecule has 0 fully saturated rings. The molecule has 2 heterocycles. The van der Waals surface area contributed by atoms with E-state index in [1.54, 1.807) is 36.4 Å². The Hall–Kier alpha value is -4.19. The second kappa shape index (κ2) is 8.39. The van der Waals surface area contributed by atoms with Crippen LogP contribution in [0.15, 0.2) is 84.6 Å². The maximum atomic E-state index is 13.7. The van der Waals surface area contributed by atoms with E-state index in [0.29, 0.717) is 41.3 Å². The number of amides is 3. The minimum atomic E-state index is -0.340. The lowest BCUT2D eigenvalue weighted by Crippen LogP contribution is -2.37. The first-order valence-electron chi connectivity index (χ1n) is 10.9. The summed E-state index contributed by atoms with van der Waals surface area (Å²) >= 11 is 0. The standard InChI is InChI=1S/C27H23N3O3/c1-18(31)28-22-13-11-20(12-14-22)24-25(29-16-15-19-7-5-6-8-21(19)17-29)27(33)30(26(24)32)23-9-3-2-4-10-23/h2-14H,15-17H2,1H3,(H,28,31). The van der Waals surface area contributed by atoms with Gasteiger partial charge in [-0.3, -0.25) is 14.4 Å². The fraction of sp³-hybridized carbons (Fsp3) is 0.148. The summed E-state index contributed by atoms with van der Waals surface area (Å²) in [4.78, 5) is 42.0. The Balaban J connectivity index is 1.59. The van der Waals surface area contributed by atoms with Gasteiger partial charge >= 0.3 is 0 Å². The van der Waals surface area contributed by atoms with Crippen molar-refractivity contribution in [2.45, 2.75) is 19.9 Å². The normalized spacial score (nSPS) is 15.7. The molecule has 0 radical (unpaired) electrons. The highest BCUT2D eigenvalue weighted by Crippen LogP contribution is 2.37. The van der Waals surface area contributed by atoms with Crippen molar-refractivity contribution in [3.63, 3.8) is 0 Å². The molecule has 0 spiro atoms. The van der Waals surface area contributed by atoms with Gasteiger partial charge in [0, 0.05) is 25.7 Å². The Bertz CT molecular complexity index is 1280. The molecule has 0 aromatic heterocycles. The van der Waals surface area contributed by atoms with Gasteiger partial charge in [0.15, 0.2) is 0 Å². The second-order valence-corrected chi connectivity index (χ2v) is 8.20. The highest BCUT2D eigenvalue weighted by molar-refractivity contribution is 6.45. The number of rotatable bonds is 4. The average molecular weight is 437 g/mol. The molecule has 3 amide bonds. The van der Waals surface area contributed by atoms with Crippen LogP contribution in [0.25, 0.3) is 5.57 Å².